The Balaban J connectivity index is 2.82. The van der Waals surface area contributed by atoms with Crippen LogP contribution in [0.3, 0.4) is 0 Å². The first-order chi connectivity index (χ1) is 6.92. The van der Waals surface area contributed by atoms with Crippen molar-refractivity contribution in [3.63, 3.8) is 0 Å². The van der Waals surface area contributed by atoms with Crippen LogP contribution in [0.2, 0.25) is 0 Å². The lowest BCUT2D eigenvalue weighted by atomic mass is 10.4. The average Bonchev–Trinajstić information content (AvgIpc) is 2.16. The molecule has 0 aliphatic heterocycles. The maximum Gasteiger partial charge on any atom is 0.251 e. The van der Waals surface area contributed by atoms with Gasteiger partial charge in [-0.15, -0.1) is 0 Å². The van der Waals surface area contributed by atoms with Crippen molar-refractivity contribution in [2.75, 3.05) is 6.54 Å². The van der Waals surface area contributed by atoms with Gasteiger partial charge in [0, 0.05) is 4.47 Å². The first kappa shape index (κ1) is 12.5. The van der Waals surface area contributed by atoms with Crippen molar-refractivity contribution >= 4 is 26.0 Å². The second kappa shape index (κ2) is 5.00. The largest absolute Gasteiger partial charge is 0.251 e. The van der Waals surface area contributed by atoms with E-state index in [2.05, 4.69) is 15.9 Å². The average molecular weight is 300 g/mol. The third-order valence-electron chi connectivity index (χ3n) is 1.55. The van der Waals surface area contributed by atoms with Gasteiger partial charge in [-0.25, -0.2) is 21.9 Å². The molecule has 0 aliphatic rings. The van der Waals surface area contributed by atoms with Gasteiger partial charge >= 0.3 is 0 Å². The summed E-state index contributed by atoms with van der Waals surface area (Å²) >= 11 is 3.14. The maximum atomic E-state index is 11.8. The van der Waals surface area contributed by atoms with E-state index >= 15 is 0 Å². The lowest BCUT2D eigenvalue weighted by Gasteiger charge is -2.05. The van der Waals surface area contributed by atoms with Gasteiger partial charge in [0.05, 0.1) is 11.4 Å². The van der Waals surface area contributed by atoms with Gasteiger partial charge in [-0.2, -0.15) is 0 Å². The minimum atomic E-state index is -3.82. The molecule has 0 radical (unpaired) electrons. The number of benzene rings is 1. The van der Waals surface area contributed by atoms with Gasteiger partial charge in [-0.1, -0.05) is 15.9 Å². The predicted octanol–water partition coefficient (Wildman–Crippen LogP) is 1.99. The lowest BCUT2D eigenvalue weighted by Crippen LogP contribution is -2.28. The van der Waals surface area contributed by atoms with E-state index in [1.165, 1.54) is 24.3 Å². The standard InChI is InChI=1S/C8H8BrF2NO2S/c9-6-1-3-7(4-2-6)15(13,14)12-5-8(10)11/h1-4,8,12H,5H2. The molecule has 0 saturated heterocycles. The van der Waals surface area contributed by atoms with Crippen LogP contribution >= 0.6 is 15.9 Å². The van der Waals surface area contributed by atoms with Crippen LogP contribution in [0.15, 0.2) is 33.6 Å². The fourth-order valence-electron chi connectivity index (χ4n) is 0.870. The molecule has 0 unspecified atom stereocenters. The molecule has 1 N–H and O–H groups in total. The highest BCUT2D eigenvalue weighted by molar-refractivity contribution is 9.10. The molecule has 0 amide bonds. The molecular formula is C8H8BrF2NO2S. The first-order valence-corrected chi connectivity index (χ1v) is 6.23. The Morgan fingerprint density at radius 2 is 1.80 bits per heavy atom. The molecule has 7 heteroatoms. The van der Waals surface area contributed by atoms with E-state index in [-0.39, 0.29) is 4.90 Å². The third kappa shape index (κ3) is 3.84. The SMILES string of the molecule is O=S(=O)(NCC(F)F)c1ccc(Br)cc1. The number of alkyl halides is 2. The molecule has 0 heterocycles. The highest BCUT2D eigenvalue weighted by atomic mass is 79.9. The van der Waals surface area contributed by atoms with Crippen molar-refractivity contribution < 1.29 is 17.2 Å². The van der Waals surface area contributed by atoms with Crippen LogP contribution in [0.1, 0.15) is 0 Å². The lowest BCUT2D eigenvalue weighted by molar-refractivity contribution is 0.153. The zero-order chi connectivity index (χ0) is 11.5. The van der Waals surface area contributed by atoms with Crippen molar-refractivity contribution in [2.45, 2.75) is 11.3 Å². The molecule has 84 valence electrons. The summed E-state index contributed by atoms with van der Waals surface area (Å²) in [6.45, 7) is -0.877. The van der Waals surface area contributed by atoms with Crippen LogP contribution in [0.4, 0.5) is 8.78 Å². The van der Waals surface area contributed by atoms with E-state index in [4.69, 9.17) is 0 Å². The van der Waals surface area contributed by atoms with Crippen molar-refractivity contribution in [1.82, 2.24) is 4.72 Å². The molecule has 15 heavy (non-hydrogen) atoms. The number of sulfonamides is 1. The maximum absolute atomic E-state index is 11.8. The number of hydrogen-bond donors (Lipinski definition) is 1. The van der Waals surface area contributed by atoms with Crippen molar-refractivity contribution in [3.05, 3.63) is 28.7 Å². The predicted molar refractivity (Wildman–Crippen MR) is 55.3 cm³/mol. The van der Waals surface area contributed by atoms with E-state index < -0.39 is 23.0 Å². The first-order valence-electron chi connectivity index (χ1n) is 3.95. The summed E-state index contributed by atoms with van der Waals surface area (Å²) in [4.78, 5) is -0.0358. The van der Waals surface area contributed by atoms with E-state index in [9.17, 15) is 17.2 Å². The molecule has 3 nitrogen and oxygen atoms in total. The van der Waals surface area contributed by atoms with Gasteiger partial charge in [-0.3, -0.25) is 0 Å². The van der Waals surface area contributed by atoms with Gasteiger partial charge in [0.1, 0.15) is 0 Å². The monoisotopic (exact) mass is 299 g/mol. The third-order valence-corrected chi connectivity index (χ3v) is 3.52. The molecule has 1 aromatic carbocycles. The van der Waals surface area contributed by atoms with Crippen LogP contribution in [0.5, 0.6) is 0 Å². The minimum absolute atomic E-state index is 0.0358. The van der Waals surface area contributed by atoms with E-state index in [0.717, 1.165) is 4.47 Å². The zero-order valence-electron chi connectivity index (χ0n) is 7.45. The summed E-state index contributed by atoms with van der Waals surface area (Å²) in [7, 11) is -3.82. The Morgan fingerprint density at radius 3 is 2.27 bits per heavy atom. The number of nitrogens with one attached hydrogen (secondary N) is 1. The quantitative estimate of drug-likeness (QED) is 0.924. The summed E-state index contributed by atoms with van der Waals surface area (Å²) in [6, 6.07) is 5.71. The molecule has 0 aromatic heterocycles. The molecule has 0 fully saturated rings. The van der Waals surface area contributed by atoms with Crippen molar-refractivity contribution in [3.8, 4) is 0 Å². The highest BCUT2D eigenvalue weighted by Gasteiger charge is 2.15. The summed E-state index contributed by atoms with van der Waals surface area (Å²) in [5.41, 5.74) is 0. The summed E-state index contributed by atoms with van der Waals surface area (Å²) in [5, 5.41) is 0. The number of rotatable bonds is 4. The van der Waals surface area contributed by atoms with Crippen molar-refractivity contribution in [1.29, 1.82) is 0 Å². The van der Waals surface area contributed by atoms with Gasteiger partial charge < -0.3 is 0 Å². The van der Waals surface area contributed by atoms with Crippen LogP contribution in [0, 0.1) is 0 Å². The highest BCUT2D eigenvalue weighted by Crippen LogP contribution is 2.14. The molecular weight excluding hydrogens is 292 g/mol. The van der Waals surface area contributed by atoms with Crippen LogP contribution in [0.25, 0.3) is 0 Å². The number of halogens is 3. The molecule has 0 saturated carbocycles. The van der Waals surface area contributed by atoms with Gasteiger partial charge in [0.15, 0.2) is 0 Å². The topological polar surface area (TPSA) is 46.2 Å². The minimum Gasteiger partial charge on any atom is -0.209 e. The summed E-state index contributed by atoms with van der Waals surface area (Å²) < 4.78 is 48.9. The Hall–Kier alpha value is -0.530. The normalized spacial score (nSPS) is 12.0. The Labute approximate surface area is 94.7 Å². The molecule has 1 rings (SSSR count). The molecule has 0 bridgehead atoms. The smallest absolute Gasteiger partial charge is 0.209 e. The Morgan fingerprint density at radius 1 is 1.27 bits per heavy atom. The van der Waals surface area contributed by atoms with Crippen LogP contribution in [-0.2, 0) is 10.0 Å². The molecule has 0 atom stereocenters. The van der Waals surface area contributed by atoms with Crippen LogP contribution in [-0.4, -0.2) is 21.4 Å². The summed E-state index contributed by atoms with van der Waals surface area (Å²) in [5.74, 6) is 0. The number of hydrogen-bond acceptors (Lipinski definition) is 2. The van der Waals surface area contributed by atoms with Gasteiger partial charge in [0.2, 0.25) is 10.0 Å². The van der Waals surface area contributed by atoms with E-state index in [0.29, 0.717) is 0 Å². The van der Waals surface area contributed by atoms with Gasteiger partial charge in [-0.05, 0) is 24.3 Å². The second-order valence-electron chi connectivity index (χ2n) is 2.70. The van der Waals surface area contributed by atoms with E-state index in [1.54, 1.807) is 4.72 Å². The zero-order valence-corrected chi connectivity index (χ0v) is 9.85. The van der Waals surface area contributed by atoms with Crippen LogP contribution < -0.4 is 4.72 Å². The summed E-state index contributed by atoms with van der Waals surface area (Å²) in [6.07, 6.45) is -2.70. The Kier molecular flexibility index (Phi) is 4.18. The molecule has 1 aromatic rings. The Bertz CT molecular complexity index is 419. The fraction of sp³-hybridized carbons (Fsp3) is 0.250. The molecule has 0 spiro atoms. The van der Waals surface area contributed by atoms with Crippen molar-refractivity contribution in [2.24, 2.45) is 0 Å². The van der Waals surface area contributed by atoms with Gasteiger partial charge in [0.25, 0.3) is 6.43 Å². The fourth-order valence-corrected chi connectivity index (χ4v) is 2.14. The second-order valence-corrected chi connectivity index (χ2v) is 5.38. The van der Waals surface area contributed by atoms with E-state index in [1.807, 2.05) is 0 Å². The molecule has 0 aliphatic carbocycles.